The molecule has 0 radical (unpaired) electrons. The van der Waals surface area contributed by atoms with Gasteiger partial charge in [0.25, 0.3) is 0 Å². The number of nitrogen functional groups attached to an aromatic ring is 1. The first-order valence-electron chi connectivity index (χ1n) is 7.46. The lowest BCUT2D eigenvalue weighted by molar-refractivity contribution is -0.117. The summed E-state index contributed by atoms with van der Waals surface area (Å²) in [7, 11) is 0. The fourth-order valence-corrected chi connectivity index (χ4v) is 2.08. The minimum Gasteiger partial charge on any atom is -0.399 e. The van der Waals surface area contributed by atoms with Gasteiger partial charge in [0.05, 0.1) is 6.54 Å². The molecular weight excluding hydrogens is 250 g/mol. The molecule has 0 fully saturated rings. The lowest BCUT2D eigenvalue weighted by Gasteiger charge is -2.27. The Hall–Kier alpha value is -1.55. The van der Waals surface area contributed by atoms with Crippen LogP contribution in [0.25, 0.3) is 0 Å². The maximum Gasteiger partial charge on any atom is 0.238 e. The van der Waals surface area contributed by atoms with Gasteiger partial charge in [-0.15, -0.1) is 0 Å². The number of hydrogen-bond donors (Lipinski definition) is 2. The van der Waals surface area contributed by atoms with E-state index in [9.17, 15) is 4.79 Å². The molecule has 0 saturated carbocycles. The summed E-state index contributed by atoms with van der Waals surface area (Å²) in [5.74, 6) is 0.0204. The van der Waals surface area contributed by atoms with E-state index in [0.717, 1.165) is 31.5 Å². The first-order chi connectivity index (χ1) is 9.56. The number of nitrogens with two attached hydrogens (primary N) is 1. The quantitative estimate of drug-likeness (QED) is 0.718. The highest BCUT2D eigenvalue weighted by molar-refractivity contribution is 5.92. The Labute approximate surface area is 122 Å². The van der Waals surface area contributed by atoms with Crippen molar-refractivity contribution in [3.63, 3.8) is 0 Å². The molecule has 1 unspecified atom stereocenters. The summed E-state index contributed by atoms with van der Waals surface area (Å²) in [5, 5.41) is 2.91. The molecule has 0 aliphatic carbocycles. The molecule has 20 heavy (non-hydrogen) atoms. The fraction of sp³-hybridized carbons (Fsp3) is 0.562. The zero-order valence-electron chi connectivity index (χ0n) is 12.9. The number of carbonyl (C=O) groups excluding carboxylic acids is 1. The Bertz CT molecular complexity index is 420. The van der Waals surface area contributed by atoms with E-state index in [0.29, 0.717) is 18.3 Å². The van der Waals surface area contributed by atoms with Crippen molar-refractivity contribution in [2.45, 2.75) is 46.1 Å². The average molecular weight is 277 g/mol. The molecule has 0 aliphatic rings. The van der Waals surface area contributed by atoms with Gasteiger partial charge in [-0.25, -0.2) is 0 Å². The molecule has 0 heterocycles. The maximum atomic E-state index is 12.1. The Morgan fingerprint density at radius 3 is 2.75 bits per heavy atom. The van der Waals surface area contributed by atoms with Crippen LogP contribution in [-0.4, -0.2) is 29.9 Å². The topological polar surface area (TPSA) is 58.4 Å². The highest BCUT2D eigenvalue weighted by atomic mass is 16.2. The summed E-state index contributed by atoms with van der Waals surface area (Å²) >= 11 is 0. The second-order valence-electron chi connectivity index (χ2n) is 5.25. The zero-order valence-corrected chi connectivity index (χ0v) is 12.9. The smallest absolute Gasteiger partial charge is 0.238 e. The molecule has 0 aromatic heterocycles. The number of benzene rings is 1. The monoisotopic (exact) mass is 277 g/mol. The van der Waals surface area contributed by atoms with Gasteiger partial charge in [-0.05, 0) is 44.5 Å². The van der Waals surface area contributed by atoms with Crippen LogP contribution in [-0.2, 0) is 4.79 Å². The molecule has 1 atom stereocenters. The number of carbonyl (C=O) groups is 1. The summed E-state index contributed by atoms with van der Waals surface area (Å²) in [6, 6.07) is 7.70. The van der Waals surface area contributed by atoms with Crippen molar-refractivity contribution in [2.75, 3.05) is 24.1 Å². The van der Waals surface area contributed by atoms with Gasteiger partial charge in [-0.2, -0.15) is 0 Å². The molecule has 3 N–H and O–H groups in total. The van der Waals surface area contributed by atoms with Crippen molar-refractivity contribution in [1.82, 2.24) is 4.90 Å². The number of rotatable bonds is 8. The lowest BCUT2D eigenvalue weighted by Crippen LogP contribution is -2.39. The van der Waals surface area contributed by atoms with E-state index in [-0.39, 0.29) is 5.91 Å². The summed E-state index contributed by atoms with van der Waals surface area (Å²) in [4.78, 5) is 14.4. The second kappa shape index (κ2) is 8.59. The predicted octanol–water partition coefficient (Wildman–Crippen LogP) is 3.11. The second-order valence-corrected chi connectivity index (χ2v) is 5.25. The van der Waals surface area contributed by atoms with Crippen LogP contribution in [0.5, 0.6) is 0 Å². The van der Waals surface area contributed by atoms with Crippen LogP contribution in [0.1, 0.15) is 40.0 Å². The molecule has 0 bridgehead atoms. The van der Waals surface area contributed by atoms with Crippen LogP contribution in [0.4, 0.5) is 11.4 Å². The third-order valence-corrected chi connectivity index (χ3v) is 3.53. The number of nitrogens with one attached hydrogen (secondary N) is 1. The number of hydrogen-bond acceptors (Lipinski definition) is 3. The number of amides is 1. The molecule has 1 aromatic rings. The third-order valence-electron chi connectivity index (χ3n) is 3.53. The fourth-order valence-electron chi connectivity index (χ4n) is 2.08. The minimum absolute atomic E-state index is 0.0204. The van der Waals surface area contributed by atoms with Crippen molar-refractivity contribution in [3.8, 4) is 0 Å². The molecule has 0 aliphatic heterocycles. The number of unbranched alkanes of at least 4 members (excludes halogenated alkanes) is 1. The van der Waals surface area contributed by atoms with E-state index >= 15 is 0 Å². The van der Waals surface area contributed by atoms with Crippen molar-refractivity contribution in [1.29, 1.82) is 0 Å². The predicted molar refractivity (Wildman–Crippen MR) is 85.7 cm³/mol. The normalized spacial score (nSPS) is 12.4. The summed E-state index contributed by atoms with van der Waals surface area (Å²) in [5.41, 5.74) is 7.13. The van der Waals surface area contributed by atoms with Crippen molar-refractivity contribution < 1.29 is 4.79 Å². The molecule has 4 heteroatoms. The average Bonchev–Trinajstić information content (AvgIpc) is 2.42. The van der Waals surface area contributed by atoms with Gasteiger partial charge in [0, 0.05) is 17.4 Å². The molecule has 1 rings (SSSR count). The van der Waals surface area contributed by atoms with E-state index in [1.54, 1.807) is 6.07 Å². The first-order valence-corrected chi connectivity index (χ1v) is 7.46. The van der Waals surface area contributed by atoms with Gasteiger partial charge in [-0.3, -0.25) is 9.69 Å². The molecular formula is C16H27N3O. The lowest BCUT2D eigenvalue weighted by atomic mass is 10.2. The van der Waals surface area contributed by atoms with Gasteiger partial charge in [0.15, 0.2) is 0 Å². The van der Waals surface area contributed by atoms with E-state index in [4.69, 9.17) is 5.73 Å². The Balaban J connectivity index is 2.56. The van der Waals surface area contributed by atoms with Gasteiger partial charge < -0.3 is 11.1 Å². The van der Waals surface area contributed by atoms with E-state index < -0.39 is 0 Å². The van der Waals surface area contributed by atoms with Crippen LogP contribution in [0, 0.1) is 0 Å². The summed E-state index contributed by atoms with van der Waals surface area (Å²) in [6.45, 7) is 7.89. The highest BCUT2D eigenvalue weighted by Crippen LogP contribution is 2.12. The van der Waals surface area contributed by atoms with Crippen LogP contribution in [0.15, 0.2) is 24.3 Å². The minimum atomic E-state index is 0.0204. The Morgan fingerprint density at radius 1 is 1.40 bits per heavy atom. The first kappa shape index (κ1) is 16.5. The molecule has 112 valence electrons. The van der Waals surface area contributed by atoms with Gasteiger partial charge in [0.1, 0.15) is 0 Å². The van der Waals surface area contributed by atoms with Crippen LogP contribution < -0.4 is 11.1 Å². The Kier molecular flexibility index (Phi) is 7.09. The van der Waals surface area contributed by atoms with E-state index in [1.807, 2.05) is 18.2 Å². The highest BCUT2D eigenvalue weighted by Gasteiger charge is 2.15. The van der Waals surface area contributed by atoms with Gasteiger partial charge in [0.2, 0.25) is 5.91 Å². The van der Waals surface area contributed by atoms with Crippen LogP contribution in [0.2, 0.25) is 0 Å². The molecule has 0 spiro atoms. The maximum absolute atomic E-state index is 12.1. The molecule has 1 aromatic carbocycles. The van der Waals surface area contributed by atoms with Crippen LogP contribution in [0.3, 0.4) is 0 Å². The summed E-state index contributed by atoms with van der Waals surface area (Å²) < 4.78 is 0. The van der Waals surface area contributed by atoms with Crippen molar-refractivity contribution >= 4 is 17.3 Å². The zero-order chi connectivity index (χ0) is 15.0. The Morgan fingerprint density at radius 2 is 2.15 bits per heavy atom. The molecule has 0 saturated heterocycles. The number of anilines is 2. The molecule has 1 amide bonds. The molecule has 4 nitrogen and oxygen atoms in total. The number of nitrogens with zero attached hydrogens (tertiary/aromatic N) is 1. The van der Waals surface area contributed by atoms with Crippen molar-refractivity contribution in [2.24, 2.45) is 0 Å². The standard InChI is InChI=1S/C16H27N3O/c1-4-6-10-19(13(3)5-2)12-16(20)18-15-9-7-8-14(17)11-15/h7-9,11,13H,4-6,10,12,17H2,1-3H3,(H,18,20). The SMILES string of the molecule is CCCCN(CC(=O)Nc1cccc(N)c1)C(C)CC. The van der Waals surface area contributed by atoms with Crippen molar-refractivity contribution in [3.05, 3.63) is 24.3 Å². The third kappa shape index (κ3) is 5.61. The van der Waals surface area contributed by atoms with Crippen LogP contribution >= 0.6 is 0 Å². The van der Waals surface area contributed by atoms with Gasteiger partial charge in [-0.1, -0.05) is 26.3 Å². The largest absolute Gasteiger partial charge is 0.399 e. The van der Waals surface area contributed by atoms with Gasteiger partial charge >= 0.3 is 0 Å². The van der Waals surface area contributed by atoms with E-state index in [2.05, 4.69) is 31.0 Å². The van der Waals surface area contributed by atoms with E-state index in [1.165, 1.54) is 0 Å². The summed E-state index contributed by atoms with van der Waals surface area (Å²) in [6.07, 6.45) is 3.31.